The molecule has 6 heteroatoms. The minimum Gasteiger partial charge on any atom is -0.237 e. The van der Waals surface area contributed by atoms with Crippen molar-refractivity contribution in [2.45, 2.75) is 25.0 Å². The van der Waals surface area contributed by atoms with Crippen molar-refractivity contribution in [3.63, 3.8) is 0 Å². The Bertz CT molecular complexity index is 880. The summed E-state index contributed by atoms with van der Waals surface area (Å²) in [6.45, 7) is 3.53. The molecular formula is C15H15ClN2O2S. The predicted molar refractivity (Wildman–Crippen MR) is 84.8 cm³/mol. The van der Waals surface area contributed by atoms with E-state index in [9.17, 15) is 8.42 Å². The lowest BCUT2D eigenvalue weighted by atomic mass is 9.98. The lowest BCUT2D eigenvalue weighted by molar-refractivity contribution is 0.553. The Hall–Kier alpha value is -1.59. The fourth-order valence-electron chi connectivity index (χ4n) is 2.58. The molecule has 1 aliphatic carbocycles. The number of allylic oxidation sites excluding steroid dienone is 3. The van der Waals surface area contributed by atoms with Gasteiger partial charge in [-0.3, -0.25) is 0 Å². The minimum absolute atomic E-state index is 0.345. The summed E-state index contributed by atoms with van der Waals surface area (Å²) in [5.74, 6) is 0. The van der Waals surface area contributed by atoms with Gasteiger partial charge in [0.1, 0.15) is 4.75 Å². The summed E-state index contributed by atoms with van der Waals surface area (Å²) in [6, 6.07) is 5.38. The zero-order chi connectivity index (χ0) is 15.3. The van der Waals surface area contributed by atoms with E-state index >= 15 is 0 Å². The van der Waals surface area contributed by atoms with Crippen molar-refractivity contribution in [1.82, 2.24) is 8.96 Å². The van der Waals surface area contributed by atoms with E-state index in [1.54, 1.807) is 43.6 Å². The van der Waals surface area contributed by atoms with E-state index in [-0.39, 0.29) is 0 Å². The molecule has 110 valence electrons. The van der Waals surface area contributed by atoms with E-state index in [2.05, 4.69) is 4.98 Å². The van der Waals surface area contributed by atoms with Crippen LogP contribution in [0.1, 0.15) is 20.3 Å². The average Bonchev–Trinajstić information content (AvgIpc) is 2.87. The van der Waals surface area contributed by atoms with Crippen molar-refractivity contribution >= 4 is 32.7 Å². The van der Waals surface area contributed by atoms with Crippen LogP contribution in [0.5, 0.6) is 0 Å². The van der Waals surface area contributed by atoms with Crippen LogP contribution in [0.3, 0.4) is 0 Å². The first kappa shape index (κ1) is 14.4. The molecule has 0 N–H and O–H groups in total. The van der Waals surface area contributed by atoms with Crippen LogP contribution in [0.2, 0.25) is 0 Å². The molecule has 1 atom stereocenters. The van der Waals surface area contributed by atoms with Gasteiger partial charge in [0.15, 0.2) is 5.65 Å². The zero-order valence-corrected chi connectivity index (χ0v) is 13.3. The molecule has 3 rings (SSSR count). The van der Waals surface area contributed by atoms with Crippen LogP contribution in [-0.2, 0) is 10.0 Å². The molecule has 0 spiro atoms. The molecule has 0 aliphatic heterocycles. The second-order valence-electron chi connectivity index (χ2n) is 5.43. The average molecular weight is 323 g/mol. The van der Waals surface area contributed by atoms with Gasteiger partial charge in [-0.05, 0) is 44.0 Å². The molecule has 2 aromatic rings. The SMILES string of the molecule is CC1=CC(C)(S(=O)(=O)n2ccc3cccnc32)CC=C1Cl. The van der Waals surface area contributed by atoms with Crippen molar-refractivity contribution < 1.29 is 8.42 Å². The first-order valence-corrected chi connectivity index (χ1v) is 8.40. The van der Waals surface area contributed by atoms with Gasteiger partial charge in [0, 0.05) is 22.8 Å². The van der Waals surface area contributed by atoms with Gasteiger partial charge in [-0.15, -0.1) is 0 Å². The second kappa shape index (κ2) is 4.71. The molecule has 1 aliphatic rings. The molecule has 0 saturated carbocycles. The highest BCUT2D eigenvalue weighted by atomic mass is 35.5. The van der Waals surface area contributed by atoms with Gasteiger partial charge in [0.25, 0.3) is 0 Å². The van der Waals surface area contributed by atoms with Crippen molar-refractivity contribution in [3.8, 4) is 0 Å². The number of hydrogen-bond donors (Lipinski definition) is 0. The van der Waals surface area contributed by atoms with Crippen molar-refractivity contribution in [1.29, 1.82) is 0 Å². The maximum absolute atomic E-state index is 13.0. The summed E-state index contributed by atoms with van der Waals surface area (Å²) in [4.78, 5) is 4.19. The van der Waals surface area contributed by atoms with E-state index < -0.39 is 14.8 Å². The number of fused-ring (bicyclic) bond motifs is 1. The fraction of sp³-hybridized carbons (Fsp3) is 0.267. The molecule has 0 bridgehead atoms. The molecule has 21 heavy (non-hydrogen) atoms. The third-order valence-corrected chi connectivity index (χ3v) is 6.58. The van der Waals surface area contributed by atoms with Gasteiger partial charge in [0.2, 0.25) is 10.0 Å². The van der Waals surface area contributed by atoms with Crippen LogP contribution in [0.15, 0.2) is 53.4 Å². The topological polar surface area (TPSA) is 52.0 Å². The van der Waals surface area contributed by atoms with Gasteiger partial charge >= 0.3 is 0 Å². The van der Waals surface area contributed by atoms with E-state index in [0.29, 0.717) is 17.1 Å². The summed E-state index contributed by atoms with van der Waals surface area (Å²) in [7, 11) is -3.63. The van der Waals surface area contributed by atoms with Crippen molar-refractivity contribution in [3.05, 3.63) is 53.4 Å². The van der Waals surface area contributed by atoms with Crippen LogP contribution < -0.4 is 0 Å². The summed E-state index contributed by atoms with van der Waals surface area (Å²) in [6.07, 6.45) is 6.97. The molecule has 2 heterocycles. The molecule has 0 fully saturated rings. The van der Waals surface area contributed by atoms with Gasteiger partial charge in [-0.2, -0.15) is 0 Å². The molecule has 0 radical (unpaired) electrons. The highest BCUT2D eigenvalue weighted by Crippen LogP contribution is 2.35. The van der Waals surface area contributed by atoms with Crippen LogP contribution in [-0.4, -0.2) is 22.1 Å². The number of halogens is 1. The van der Waals surface area contributed by atoms with Crippen molar-refractivity contribution in [2.75, 3.05) is 0 Å². The van der Waals surface area contributed by atoms with Gasteiger partial charge in [-0.25, -0.2) is 17.4 Å². The number of rotatable bonds is 2. The third-order valence-electron chi connectivity index (χ3n) is 3.85. The zero-order valence-electron chi connectivity index (χ0n) is 11.7. The molecular weight excluding hydrogens is 308 g/mol. The quantitative estimate of drug-likeness (QED) is 0.851. The molecule has 1 unspecified atom stereocenters. The van der Waals surface area contributed by atoms with Crippen LogP contribution in [0, 0.1) is 0 Å². The highest BCUT2D eigenvalue weighted by molar-refractivity contribution is 7.91. The third kappa shape index (κ3) is 2.12. The first-order valence-electron chi connectivity index (χ1n) is 6.58. The summed E-state index contributed by atoms with van der Waals surface area (Å²) < 4.78 is 26.3. The van der Waals surface area contributed by atoms with E-state index in [0.717, 1.165) is 11.0 Å². The van der Waals surface area contributed by atoms with Gasteiger partial charge < -0.3 is 0 Å². The van der Waals surface area contributed by atoms with Crippen molar-refractivity contribution in [2.24, 2.45) is 0 Å². The normalized spacial score (nSPS) is 23.0. The largest absolute Gasteiger partial charge is 0.249 e. The lowest BCUT2D eigenvalue weighted by Gasteiger charge is -2.29. The Balaban J connectivity index is 2.18. The molecule has 0 saturated heterocycles. The maximum atomic E-state index is 13.0. The van der Waals surface area contributed by atoms with Gasteiger partial charge in [0.05, 0.1) is 0 Å². The minimum atomic E-state index is -3.63. The summed E-state index contributed by atoms with van der Waals surface area (Å²) in [5.41, 5.74) is 1.23. The summed E-state index contributed by atoms with van der Waals surface area (Å²) in [5, 5.41) is 1.41. The summed E-state index contributed by atoms with van der Waals surface area (Å²) >= 11 is 6.04. The van der Waals surface area contributed by atoms with Crippen LogP contribution >= 0.6 is 11.6 Å². The molecule has 2 aromatic heterocycles. The molecule has 0 amide bonds. The highest BCUT2D eigenvalue weighted by Gasteiger charge is 2.40. The number of nitrogens with zero attached hydrogens (tertiary/aromatic N) is 2. The van der Waals surface area contributed by atoms with E-state index in [1.165, 1.54) is 3.97 Å². The lowest BCUT2D eigenvalue weighted by Crippen LogP contribution is -2.38. The van der Waals surface area contributed by atoms with E-state index in [1.807, 2.05) is 13.0 Å². The molecule has 4 nitrogen and oxygen atoms in total. The Morgan fingerprint density at radius 3 is 2.86 bits per heavy atom. The maximum Gasteiger partial charge on any atom is 0.249 e. The smallest absolute Gasteiger partial charge is 0.237 e. The Morgan fingerprint density at radius 2 is 2.14 bits per heavy atom. The first-order chi connectivity index (χ1) is 9.85. The number of pyridine rings is 1. The number of hydrogen-bond acceptors (Lipinski definition) is 3. The molecule has 0 aromatic carbocycles. The predicted octanol–water partition coefficient (Wildman–Crippen LogP) is 3.45. The number of aromatic nitrogens is 2. The van der Waals surface area contributed by atoms with Gasteiger partial charge in [-0.1, -0.05) is 23.8 Å². The van der Waals surface area contributed by atoms with Crippen LogP contribution in [0.4, 0.5) is 0 Å². The Labute approximate surface area is 128 Å². The monoisotopic (exact) mass is 322 g/mol. The standard InChI is InChI=1S/C15H15ClN2O2S/c1-11-10-15(2,7-5-13(11)16)21(19,20)18-9-6-12-4-3-8-17-14(12)18/h3-6,8-10H,7H2,1-2H3. The Kier molecular flexibility index (Phi) is 3.22. The van der Waals surface area contributed by atoms with Crippen LogP contribution in [0.25, 0.3) is 11.0 Å². The Morgan fingerprint density at radius 1 is 1.38 bits per heavy atom. The second-order valence-corrected chi connectivity index (χ2v) is 8.11. The van der Waals surface area contributed by atoms with E-state index in [4.69, 9.17) is 11.6 Å². The fourth-order valence-corrected chi connectivity index (χ4v) is 4.38.